The number of hydrogen-bond donors (Lipinski definition) is 1. The van der Waals surface area contributed by atoms with Crippen LogP contribution >= 0.6 is 0 Å². The maximum absolute atomic E-state index is 12.7. The average molecular weight is 360 g/mol. The third kappa shape index (κ3) is 2.60. The van der Waals surface area contributed by atoms with E-state index in [0.29, 0.717) is 12.1 Å². The molecule has 2 aliphatic rings. The standard InChI is InChI=1S/C21H20N4O2/c1-13(26)24-10-8-14-11-16(5-7-18(14)24)22-21(27)15-4-6-17-19(12-15)25-9-2-3-20(25)23-17/h4-7,11-12H,2-3,8-10H2,1H3,(H,22,27). The van der Waals surface area contributed by atoms with Gasteiger partial charge in [-0.05, 0) is 54.8 Å². The van der Waals surface area contributed by atoms with Crippen molar-refractivity contribution < 1.29 is 9.59 Å². The Hall–Kier alpha value is -3.15. The molecule has 3 aromatic rings. The van der Waals surface area contributed by atoms with Crippen LogP contribution in [0.15, 0.2) is 36.4 Å². The van der Waals surface area contributed by atoms with Gasteiger partial charge in [-0.25, -0.2) is 4.98 Å². The number of carbonyl (C=O) groups is 2. The summed E-state index contributed by atoms with van der Waals surface area (Å²) in [6, 6.07) is 11.4. The fourth-order valence-corrected chi connectivity index (χ4v) is 4.16. The fraction of sp³-hybridized carbons (Fsp3) is 0.286. The number of rotatable bonds is 2. The molecule has 0 saturated heterocycles. The minimum Gasteiger partial charge on any atom is -0.328 e. The third-order valence-electron chi connectivity index (χ3n) is 5.48. The summed E-state index contributed by atoms with van der Waals surface area (Å²) in [5.74, 6) is 1.02. The summed E-state index contributed by atoms with van der Waals surface area (Å²) in [6.07, 6.45) is 2.93. The summed E-state index contributed by atoms with van der Waals surface area (Å²) in [5, 5.41) is 2.98. The first-order chi connectivity index (χ1) is 13.1. The summed E-state index contributed by atoms with van der Waals surface area (Å²) in [6.45, 7) is 3.24. The first-order valence-corrected chi connectivity index (χ1v) is 9.32. The lowest BCUT2D eigenvalue weighted by Crippen LogP contribution is -2.25. The molecule has 1 N–H and O–H groups in total. The molecule has 1 aromatic heterocycles. The maximum atomic E-state index is 12.7. The molecule has 0 bridgehead atoms. The van der Waals surface area contributed by atoms with Crippen LogP contribution in [0.5, 0.6) is 0 Å². The molecule has 3 heterocycles. The lowest BCUT2D eigenvalue weighted by atomic mass is 10.1. The van der Waals surface area contributed by atoms with Crippen molar-refractivity contribution in [3.63, 3.8) is 0 Å². The van der Waals surface area contributed by atoms with Gasteiger partial charge >= 0.3 is 0 Å². The number of aryl methyl sites for hydroxylation is 2. The number of fused-ring (bicyclic) bond motifs is 4. The summed E-state index contributed by atoms with van der Waals surface area (Å²) < 4.78 is 2.21. The Bertz CT molecular complexity index is 1100. The number of nitrogens with zero attached hydrogens (tertiary/aromatic N) is 3. The summed E-state index contributed by atoms with van der Waals surface area (Å²) in [7, 11) is 0. The minimum absolute atomic E-state index is 0.0483. The lowest BCUT2D eigenvalue weighted by molar-refractivity contribution is -0.116. The van der Waals surface area contributed by atoms with Crippen LogP contribution in [0.3, 0.4) is 0 Å². The second kappa shape index (κ2) is 5.94. The number of aromatic nitrogens is 2. The van der Waals surface area contributed by atoms with Crippen LogP contribution in [0.2, 0.25) is 0 Å². The van der Waals surface area contributed by atoms with Gasteiger partial charge in [-0.2, -0.15) is 0 Å². The van der Waals surface area contributed by atoms with Gasteiger partial charge in [-0.15, -0.1) is 0 Å². The van der Waals surface area contributed by atoms with E-state index in [1.807, 2.05) is 36.4 Å². The molecule has 0 fully saturated rings. The van der Waals surface area contributed by atoms with Gasteiger partial charge in [0, 0.05) is 43.4 Å². The Balaban J connectivity index is 1.41. The monoisotopic (exact) mass is 360 g/mol. The van der Waals surface area contributed by atoms with Gasteiger partial charge in [0.25, 0.3) is 5.91 Å². The van der Waals surface area contributed by atoms with Gasteiger partial charge < -0.3 is 14.8 Å². The van der Waals surface area contributed by atoms with Crippen LogP contribution in [0.25, 0.3) is 11.0 Å². The minimum atomic E-state index is -0.133. The molecule has 0 spiro atoms. The predicted octanol–water partition coefficient (Wildman–Crippen LogP) is 3.14. The number of anilines is 2. The highest BCUT2D eigenvalue weighted by Crippen LogP contribution is 2.31. The van der Waals surface area contributed by atoms with E-state index in [9.17, 15) is 9.59 Å². The molecule has 5 rings (SSSR count). The van der Waals surface area contributed by atoms with E-state index >= 15 is 0 Å². The zero-order valence-corrected chi connectivity index (χ0v) is 15.2. The zero-order valence-electron chi connectivity index (χ0n) is 15.2. The van der Waals surface area contributed by atoms with E-state index in [4.69, 9.17) is 0 Å². The first kappa shape index (κ1) is 16.1. The summed E-state index contributed by atoms with van der Waals surface area (Å²) in [5.41, 5.74) is 5.39. The first-order valence-electron chi connectivity index (χ1n) is 9.32. The molecule has 2 aliphatic heterocycles. The normalized spacial score (nSPS) is 15.1. The highest BCUT2D eigenvalue weighted by molar-refractivity contribution is 6.06. The fourth-order valence-electron chi connectivity index (χ4n) is 4.16. The van der Waals surface area contributed by atoms with E-state index in [2.05, 4.69) is 14.9 Å². The Morgan fingerprint density at radius 3 is 2.81 bits per heavy atom. The van der Waals surface area contributed by atoms with E-state index in [-0.39, 0.29) is 11.8 Å². The molecular formula is C21H20N4O2. The van der Waals surface area contributed by atoms with E-state index in [1.54, 1.807) is 11.8 Å². The summed E-state index contributed by atoms with van der Waals surface area (Å²) in [4.78, 5) is 30.8. The largest absolute Gasteiger partial charge is 0.328 e. The molecule has 0 radical (unpaired) electrons. The highest BCUT2D eigenvalue weighted by atomic mass is 16.2. The molecule has 6 heteroatoms. The second-order valence-electron chi connectivity index (χ2n) is 7.20. The summed E-state index contributed by atoms with van der Waals surface area (Å²) >= 11 is 0. The van der Waals surface area contributed by atoms with Crippen molar-refractivity contribution in [2.75, 3.05) is 16.8 Å². The molecule has 2 amide bonds. The lowest BCUT2D eigenvalue weighted by Gasteiger charge is -2.15. The quantitative estimate of drug-likeness (QED) is 0.763. The number of amides is 2. The molecule has 0 atom stereocenters. The molecule has 136 valence electrons. The van der Waals surface area contributed by atoms with Crippen molar-refractivity contribution in [2.24, 2.45) is 0 Å². The van der Waals surface area contributed by atoms with Crippen molar-refractivity contribution in [1.29, 1.82) is 0 Å². The zero-order chi connectivity index (χ0) is 18.5. The molecular weight excluding hydrogens is 340 g/mol. The Morgan fingerprint density at radius 2 is 1.96 bits per heavy atom. The van der Waals surface area contributed by atoms with Crippen molar-refractivity contribution in [3.05, 3.63) is 53.3 Å². The molecule has 0 aliphatic carbocycles. The predicted molar refractivity (Wildman–Crippen MR) is 104 cm³/mol. The van der Waals surface area contributed by atoms with Crippen molar-refractivity contribution in [1.82, 2.24) is 9.55 Å². The van der Waals surface area contributed by atoms with E-state index in [0.717, 1.165) is 59.6 Å². The second-order valence-corrected chi connectivity index (χ2v) is 7.20. The van der Waals surface area contributed by atoms with Crippen LogP contribution in [0, 0.1) is 0 Å². The van der Waals surface area contributed by atoms with Gasteiger partial charge in [-0.1, -0.05) is 0 Å². The number of imidazole rings is 1. The maximum Gasteiger partial charge on any atom is 0.255 e. The number of benzene rings is 2. The Labute approximate surface area is 156 Å². The van der Waals surface area contributed by atoms with Crippen molar-refractivity contribution >= 4 is 34.2 Å². The highest BCUT2D eigenvalue weighted by Gasteiger charge is 2.22. The van der Waals surface area contributed by atoms with Crippen molar-refractivity contribution in [3.8, 4) is 0 Å². The number of nitrogens with one attached hydrogen (secondary N) is 1. The van der Waals surface area contributed by atoms with Crippen LogP contribution in [-0.2, 0) is 24.2 Å². The molecule has 0 unspecified atom stereocenters. The number of hydrogen-bond acceptors (Lipinski definition) is 3. The van der Waals surface area contributed by atoms with Crippen LogP contribution < -0.4 is 10.2 Å². The van der Waals surface area contributed by atoms with Gasteiger partial charge in [-0.3, -0.25) is 9.59 Å². The van der Waals surface area contributed by atoms with E-state index in [1.165, 1.54) is 0 Å². The molecule has 6 nitrogen and oxygen atoms in total. The molecule has 2 aromatic carbocycles. The average Bonchev–Trinajstić information content (AvgIpc) is 3.34. The van der Waals surface area contributed by atoms with Crippen LogP contribution in [0.4, 0.5) is 11.4 Å². The van der Waals surface area contributed by atoms with Gasteiger partial charge in [0.1, 0.15) is 5.82 Å². The van der Waals surface area contributed by atoms with Crippen LogP contribution in [-0.4, -0.2) is 27.9 Å². The van der Waals surface area contributed by atoms with Gasteiger partial charge in [0.2, 0.25) is 5.91 Å². The van der Waals surface area contributed by atoms with E-state index < -0.39 is 0 Å². The van der Waals surface area contributed by atoms with Gasteiger partial charge in [0.15, 0.2) is 0 Å². The number of carbonyl (C=O) groups excluding carboxylic acids is 2. The Morgan fingerprint density at radius 1 is 1.07 bits per heavy atom. The Kier molecular flexibility index (Phi) is 3.53. The third-order valence-corrected chi connectivity index (χ3v) is 5.48. The SMILES string of the molecule is CC(=O)N1CCc2cc(NC(=O)c3ccc4nc5n(c4c3)CCC5)ccc21. The van der Waals surface area contributed by atoms with Crippen LogP contribution in [0.1, 0.15) is 35.1 Å². The molecule has 0 saturated carbocycles. The van der Waals surface area contributed by atoms with Gasteiger partial charge in [0.05, 0.1) is 11.0 Å². The smallest absolute Gasteiger partial charge is 0.255 e. The topological polar surface area (TPSA) is 67.2 Å². The van der Waals surface area contributed by atoms with Crippen molar-refractivity contribution in [2.45, 2.75) is 32.7 Å². The molecule has 27 heavy (non-hydrogen) atoms.